The summed E-state index contributed by atoms with van der Waals surface area (Å²) in [5, 5.41) is 13.8. The Bertz CT molecular complexity index is 724. The molecule has 0 atom stereocenters. The van der Waals surface area contributed by atoms with Crippen molar-refractivity contribution in [3.05, 3.63) is 58.6 Å². The van der Waals surface area contributed by atoms with E-state index in [9.17, 15) is 14.9 Å². The fraction of sp³-hybridized carbons (Fsp3) is 0.235. The molecule has 0 aliphatic rings. The van der Waals surface area contributed by atoms with Crippen LogP contribution in [0, 0.1) is 10.1 Å². The molecule has 1 N–H and O–H groups in total. The van der Waals surface area contributed by atoms with Gasteiger partial charge in [-0.15, -0.1) is 11.8 Å². The van der Waals surface area contributed by atoms with Gasteiger partial charge in [-0.3, -0.25) is 14.9 Å². The van der Waals surface area contributed by atoms with Crippen molar-refractivity contribution in [2.45, 2.75) is 4.90 Å². The quantitative estimate of drug-likeness (QED) is 0.319. The Kier molecular flexibility index (Phi) is 7.09. The van der Waals surface area contributed by atoms with E-state index in [1.54, 1.807) is 11.8 Å². The summed E-state index contributed by atoms with van der Waals surface area (Å²) in [5.41, 5.74) is -0.244. The van der Waals surface area contributed by atoms with E-state index < -0.39 is 4.92 Å². The van der Waals surface area contributed by atoms with Crippen molar-refractivity contribution in [2.24, 2.45) is 0 Å². The van der Waals surface area contributed by atoms with Crippen LogP contribution in [-0.4, -0.2) is 36.8 Å². The van der Waals surface area contributed by atoms with Crippen molar-refractivity contribution in [1.29, 1.82) is 0 Å². The highest BCUT2D eigenvalue weighted by Gasteiger charge is 2.17. The number of rotatable bonds is 9. The van der Waals surface area contributed by atoms with Gasteiger partial charge in [0.1, 0.15) is 5.75 Å². The second-order valence-corrected chi connectivity index (χ2v) is 6.06. The molecule has 2 aromatic carbocycles. The van der Waals surface area contributed by atoms with Gasteiger partial charge in [-0.1, -0.05) is 18.2 Å². The molecule has 0 saturated heterocycles. The van der Waals surface area contributed by atoms with Crippen LogP contribution in [0.15, 0.2) is 53.4 Å². The maximum atomic E-state index is 11.8. The molecule has 0 radical (unpaired) electrons. The van der Waals surface area contributed by atoms with Crippen LogP contribution in [0.4, 0.5) is 5.69 Å². The normalized spacial score (nSPS) is 10.1. The lowest BCUT2D eigenvalue weighted by Crippen LogP contribution is -2.30. The third kappa shape index (κ3) is 6.00. The second-order valence-electron chi connectivity index (χ2n) is 4.89. The third-order valence-electron chi connectivity index (χ3n) is 3.16. The van der Waals surface area contributed by atoms with Crippen LogP contribution in [0.2, 0.25) is 0 Å². The molecular weight excluding hydrogens is 344 g/mol. The summed E-state index contributed by atoms with van der Waals surface area (Å²) in [6, 6.07) is 14.1. The largest absolute Gasteiger partial charge is 0.496 e. The highest BCUT2D eigenvalue weighted by molar-refractivity contribution is 7.99. The lowest BCUT2D eigenvalue weighted by Gasteiger charge is -2.09. The molecular formula is C17H18N2O5S. The van der Waals surface area contributed by atoms with E-state index >= 15 is 0 Å². The van der Waals surface area contributed by atoms with Crippen LogP contribution >= 0.6 is 11.8 Å². The van der Waals surface area contributed by atoms with Crippen LogP contribution < -0.4 is 14.8 Å². The van der Waals surface area contributed by atoms with E-state index in [2.05, 4.69) is 5.32 Å². The van der Waals surface area contributed by atoms with E-state index in [0.29, 0.717) is 12.3 Å². The summed E-state index contributed by atoms with van der Waals surface area (Å²) < 4.78 is 10.2. The van der Waals surface area contributed by atoms with E-state index in [0.717, 1.165) is 10.6 Å². The lowest BCUT2D eigenvalue weighted by molar-refractivity contribution is -0.385. The number of carbonyl (C=O) groups is 1. The number of methoxy groups -OCH3 is 1. The van der Waals surface area contributed by atoms with Crippen LogP contribution in [0.1, 0.15) is 0 Å². The molecule has 8 heteroatoms. The predicted octanol–water partition coefficient (Wildman–Crippen LogP) is 2.89. The summed E-state index contributed by atoms with van der Waals surface area (Å²) in [6.07, 6.45) is 0. The number of hydrogen-bond donors (Lipinski definition) is 1. The zero-order valence-corrected chi connectivity index (χ0v) is 14.5. The molecule has 132 valence electrons. The minimum Gasteiger partial charge on any atom is -0.496 e. The molecule has 25 heavy (non-hydrogen) atoms. The molecule has 0 heterocycles. The Hall–Kier alpha value is -2.74. The standard InChI is InChI=1S/C17H18N2O5S/c1-23-13-7-8-16(15(11-13)19(21)22)24-12-17(20)18-9-10-25-14-5-3-2-4-6-14/h2-8,11H,9-10,12H2,1H3,(H,18,20). The SMILES string of the molecule is COc1ccc(OCC(=O)NCCSc2ccccc2)c([N+](=O)[O-])c1. The molecule has 2 aromatic rings. The fourth-order valence-electron chi connectivity index (χ4n) is 1.96. The van der Waals surface area contributed by atoms with E-state index in [1.165, 1.54) is 25.3 Å². The monoisotopic (exact) mass is 362 g/mol. The van der Waals surface area contributed by atoms with Crippen molar-refractivity contribution in [3.63, 3.8) is 0 Å². The Morgan fingerprint density at radius 2 is 2.00 bits per heavy atom. The number of carbonyl (C=O) groups excluding carboxylic acids is 1. The van der Waals surface area contributed by atoms with Crippen molar-refractivity contribution in [3.8, 4) is 11.5 Å². The lowest BCUT2D eigenvalue weighted by atomic mass is 10.3. The van der Waals surface area contributed by atoms with Crippen molar-refractivity contribution in [2.75, 3.05) is 26.0 Å². The van der Waals surface area contributed by atoms with Crippen LogP contribution in [0.5, 0.6) is 11.5 Å². The molecule has 0 spiro atoms. The topological polar surface area (TPSA) is 90.7 Å². The van der Waals surface area contributed by atoms with Crippen LogP contribution in [0.25, 0.3) is 0 Å². The van der Waals surface area contributed by atoms with Gasteiger partial charge in [-0.25, -0.2) is 0 Å². The molecule has 0 aromatic heterocycles. The summed E-state index contributed by atoms with van der Waals surface area (Å²) in [4.78, 5) is 23.4. The van der Waals surface area contributed by atoms with Gasteiger partial charge in [-0.2, -0.15) is 0 Å². The van der Waals surface area contributed by atoms with Gasteiger partial charge >= 0.3 is 5.69 Å². The number of nitrogens with zero attached hydrogens (tertiary/aromatic N) is 1. The van der Waals surface area contributed by atoms with Gasteiger partial charge in [-0.05, 0) is 24.3 Å². The molecule has 1 amide bonds. The summed E-state index contributed by atoms with van der Waals surface area (Å²) >= 11 is 1.63. The molecule has 2 rings (SSSR count). The maximum absolute atomic E-state index is 11.8. The molecule has 0 unspecified atom stereocenters. The number of nitrogens with one attached hydrogen (secondary N) is 1. The first-order chi connectivity index (χ1) is 12.1. The van der Waals surface area contributed by atoms with Gasteiger partial charge in [0.15, 0.2) is 12.4 Å². The van der Waals surface area contributed by atoms with E-state index in [1.807, 2.05) is 30.3 Å². The Balaban J connectivity index is 1.77. The minimum atomic E-state index is -0.577. The minimum absolute atomic E-state index is 0.0274. The Morgan fingerprint density at radius 1 is 1.24 bits per heavy atom. The zero-order chi connectivity index (χ0) is 18.1. The first-order valence-electron chi connectivity index (χ1n) is 7.50. The Morgan fingerprint density at radius 3 is 2.68 bits per heavy atom. The summed E-state index contributed by atoms with van der Waals surface area (Å²) in [6.45, 7) is 0.190. The highest BCUT2D eigenvalue weighted by atomic mass is 32.2. The van der Waals surface area contributed by atoms with Gasteiger partial charge < -0.3 is 14.8 Å². The number of benzene rings is 2. The number of amides is 1. The molecule has 0 fully saturated rings. The predicted molar refractivity (Wildman–Crippen MR) is 95.3 cm³/mol. The molecule has 0 bridgehead atoms. The molecule has 0 saturated carbocycles. The number of nitro groups is 1. The maximum Gasteiger partial charge on any atom is 0.314 e. The zero-order valence-electron chi connectivity index (χ0n) is 13.6. The average molecular weight is 362 g/mol. The highest BCUT2D eigenvalue weighted by Crippen LogP contribution is 2.30. The van der Waals surface area contributed by atoms with Crippen LogP contribution in [-0.2, 0) is 4.79 Å². The van der Waals surface area contributed by atoms with E-state index in [-0.39, 0.29) is 24.0 Å². The summed E-state index contributed by atoms with van der Waals surface area (Å²) in [7, 11) is 1.42. The van der Waals surface area contributed by atoms with Gasteiger partial charge in [0.2, 0.25) is 0 Å². The number of ether oxygens (including phenoxy) is 2. The fourth-order valence-corrected chi connectivity index (χ4v) is 2.75. The number of nitro benzene ring substituents is 1. The summed E-state index contributed by atoms with van der Waals surface area (Å²) in [5.74, 6) is 0.762. The van der Waals surface area contributed by atoms with Crippen molar-refractivity contribution >= 4 is 23.4 Å². The van der Waals surface area contributed by atoms with Crippen molar-refractivity contribution in [1.82, 2.24) is 5.32 Å². The molecule has 7 nitrogen and oxygen atoms in total. The smallest absolute Gasteiger partial charge is 0.314 e. The van der Waals surface area contributed by atoms with Crippen LogP contribution in [0.3, 0.4) is 0 Å². The third-order valence-corrected chi connectivity index (χ3v) is 4.17. The first-order valence-corrected chi connectivity index (χ1v) is 8.48. The van der Waals surface area contributed by atoms with E-state index in [4.69, 9.17) is 9.47 Å². The number of thioether (sulfide) groups is 1. The average Bonchev–Trinajstić information content (AvgIpc) is 2.64. The first kappa shape index (κ1) is 18.6. The second kappa shape index (κ2) is 9.53. The van der Waals surface area contributed by atoms with Gasteiger partial charge in [0, 0.05) is 17.2 Å². The molecule has 0 aliphatic heterocycles. The Labute approximate surface area is 149 Å². The number of hydrogen-bond acceptors (Lipinski definition) is 6. The van der Waals surface area contributed by atoms with Crippen molar-refractivity contribution < 1.29 is 19.2 Å². The van der Waals surface area contributed by atoms with Gasteiger partial charge in [0.05, 0.1) is 18.1 Å². The molecule has 0 aliphatic carbocycles. The van der Waals surface area contributed by atoms with Gasteiger partial charge in [0.25, 0.3) is 5.91 Å².